The molecule has 26 heavy (non-hydrogen) atoms. The van der Waals surface area contributed by atoms with E-state index in [0.29, 0.717) is 0 Å². The van der Waals surface area contributed by atoms with Crippen LogP contribution < -0.4 is 5.32 Å². The first-order chi connectivity index (χ1) is 12.2. The van der Waals surface area contributed by atoms with Gasteiger partial charge in [-0.3, -0.25) is 4.79 Å². The summed E-state index contributed by atoms with van der Waals surface area (Å²) >= 11 is 0. The lowest BCUT2D eigenvalue weighted by Crippen LogP contribution is -2.43. The predicted octanol–water partition coefficient (Wildman–Crippen LogP) is 2.23. The molecule has 0 spiro atoms. The highest BCUT2D eigenvalue weighted by atomic mass is 16.6. The highest BCUT2D eigenvalue weighted by molar-refractivity contribution is 5.77. The number of ether oxygens (including phenoxy) is 2. The summed E-state index contributed by atoms with van der Waals surface area (Å²) in [7, 11) is 0. The topological polar surface area (TPSA) is 105 Å². The largest absolute Gasteiger partial charge is 0.481 e. The van der Waals surface area contributed by atoms with Crippen LogP contribution in [0.25, 0.3) is 0 Å². The molecule has 0 radical (unpaired) electrons. The number of rotatable bonds is 4. The summed E-state index contributed by atoms with van der Waals surface area (Å²) < 4.78 is 10.4. The van der Waals surface area contributed by atoms with Crippen molar-refractivity contribution in [2.45, 2.75) is 39.0 Å². The monoisotopic (exact) mass is 364 g/mol. The Morgan fingerprint density at radius 3 is 2.42 bits per heavy atom. The van der Waals surface area contributed by atoms with Gasteiger partial charge in [0.1, 0.15) is 12.2 Å². The van der Waals surface area contributed by atoms with Gasteiger partial charge in [0.05, 0.1) is 12.0 Å². The van der Waals surface area contributed by atoms with Crippen molar-refractivity contribution in [1.29, 1.82) is 0 Å². The molecule has 2 amide bonds. The zero-order valence-electron chi connectivity index (χ0n) is 15.1. The molecule has 2 rings (SSSR count). The lowest BCUT2D eigenvalue weighted by atomic mass is 10.0. The Labute approximate surface area is 152 Å². The Hall–Kier alpha value is -2.77. The predicted molar refractivity (Wildman–Crippen MR) is 92.5 cm³/mol. The number of nitrogens with one attached hydrogen (secondary N) is 1. The Bertz CT molecular complexity index is 655. The summed E-state index contributed by atoms with van der Waals surface area (Å²) in [6.45, 7) is 5.28. The van der Waals surface area contributed by atoms with Gasteiger partial charge in [0.2, 0.25) is 0 Å². The second kappa shape index (κ2) is 8.07. The smallest absolute Gasteiger partial charge is 0.410 e. The quantitative estimate of drug-likeness (QED) is 0.849. The number of carbonyl (C=O) groups excluding carboxylic acids is 2. The Kier molecular flexibility index (Phi) is 6.07. The highest BCUT2D eigenvalue weighted by Crippen LogP contribution is 2.20. The molecule has 142 valence electrons. The molecule has 1 aliphatic heterocycles. The van der Waals surface area contributed by atoms with E-state index in [2.05, 4.69) is 5.32 Å². The Morgan fingerprint density at radius 2 is 1.85 bits per heavy atom. The number of amides is 2. The zero-order valence-corrected chi connectivity index (χ0v) is 15.1. The fourth-order valence-corrected chi connectivity index (χ4v) is 2.59. The van der Waals surface area contributed by atoms with Crippen molar-refractivity contribution in [1.82, 2.24) is 10.2 Å². The minimum atomic E-state index is -1.09. The van der Waals surface area contributed by atoms with Crippen LogP contribution in [0.15, 0.2) is 30.3 Å². The first-order valence-electron chi connectivity index (χ1n) is 8.33. The van der Waals surface area contributed by atoms with Crippen LogP contribution in [0.3, 0.4) is 0 Å². The fraction of sp³-hybridized carbons (Fsp3) is 0.500. The number of alkyl carbamates (subject to hydrolysis) is 1. The number of aliphatic carboxylic acids is 1. The minimum Gasteiger partial charge on any atom is -0.481 e. The minimum absolute atomic E-state index is 0.0339. The third-order valence-electron chi connectivity index (χ3n) is 3.80. The summed E-state index contributed by atoms with van der Waals surface area (Å²) in [5, 5.41) is 11.9. The summed E-state index contributed by atoms with van der Waals surface area (Å²) in [6.07, 6.45) is -1.33. The van der Waals surface area contributed by atoms with Crippen LogP contribution in [-0.2, 0) is 20.9 Å². The van der Waals surface area contributed by atoms with Gasteiger partial charge in [-0.15, -0.1) is 0 Å². The number of carboxylic acids is 1. The van der Waals surface area contributed by atoms with Crippen LogP contribution >= 0.6 is 0 Å². The SMILES string of the molecule is CC(C)(C)OC(=O)N1CC(NC(=O)OCc2ccccc2)[C@H](C(=O)O)C1. The molecule has 0 bridgehead atoms. The first kappa shape index (κ1) is 19.6. The van der Waals surface area contributed by atoms with Gasteiger partial charge in [0, 0.05) is 13.1 Å². The van der Waals surface area contributed by atoms with Crippen molar-refractivity contribution in [2.75, 3.05) is 13.1 Å². The molecular weight excluding hydrogens is 340 g/mol. The molecule has 1 fully saturated rings. The van der Waals surface area contributed by atoms with E-state index in [1.165, 1.54) is 4.90 Å². The molecule has 1 heterocycles. The lowest BCUT2D eigenvalue weighted by molar-refractivity contribution is -0.141. The molecule has 2 N–H and O–H groups in total. The summed E-state index contributed by atoms with van der Waals surface area (Å²) in [5.41, 5.74) is 0.134. The van der Waals surface area contributed by atoms with Gasteiger partial charge >= 0.3 is 18.2 Å². The van der Waals surface area contributed by atoms with Gasteiger partial charge in [-0.05, 0) is 26.3 Å². The molecular formula is C18H24N2O6. The third kappa shape index (κ3) is 5.65. The normalized spacial score (nSPS) is 19.7. The number of hydrogen-bond acceptors (Lipinski definition) is 5. The molecule has 1 saturated heterocycles. The third-order valence-corrected chi connectivity index (χ3v) is 3.80. The van der Waals surface area contributed by atoms with Crippen molar-refractivity contribution in [3.63, 3.8) is 0 Å². The molecule has 2 atom stereocenters. The molecule has 8 heteroatoms. The molecule has 0 aromatic heterocycles. The number of nitrogens with zero attached hydrogens (tertiary/aromatic N) is 1. The number of carboxylic acid groups (broad SMARTS) is 1. The van der Waals surface area contributed by atoms with Gasteiger partial charge in [0.25, 0.3) is 0 Å². The molecule has 1 unspecified atom stereocenters. The average Bonchev–Trinajstić information content (AvgIpc) is 2.96. The van der Waals surface area contributed by atoms with E-state index in [1.807, 2.05) is 30.3 Å². The van der Waals surface area contributed by atoms with E-state index in [0.717, 1.165) is 5.56 Å². The summed E-state index contributed by atoms with van der Waals surface area (Å²) in [5.74, 6) is -2.02. The van der Waals surface area contributed by atoms with Crippen molar-refractivity contribution in [3.05, 3.63) is 35.9 Å². The number of benzene rings is 1. The average molecular weight is 364 g/mol. The van der Waals surface area contributed by atoms with Crippen LogP contribution in [-0.4, -0.2) is 52.9 Å². The molecule has 1 aliphatic rings. The van der Waals surface area contributed by atoms with E-state index < -0.39 is 35.7 Å². The second-order valence-corrected chi connectivity index (χ2v) is 7.14. The number of likely N-dealkylation sites (tertiary alicyclic amines) is 1. The maximum atomic E-state index is 12.1. The van der Waals surface area contributed by atoms with Gasteiger partial charge in [0.15, 0.2) is 0 Å². The van der Waals surface area contributed by atoms with Crippen LogP contribution in [0.1, 0.15) is 26.3 Å². The summed E-state index contributed by atoms with van der Waals surface area (Å²) in [4.78, 5) is 36.9. The van der Waals surface area contributed by atoms with Crippen LogP contribution in [0.5, 0.6) is 0 Å². The number of hydrogen-bond donors (Lipinski definition) is 2. The molecule has 1 aromatic rings. The van der Waals surface area contributed by atoms with Gasteiger partial charge < -0.3 is 24.8 Å². The molecule has 0 saturated carbocycles. The van der Waals surface area contributed by atoms with E-state index in [4.69, 9.17) is 9.47 Å². The van der Waals surface area contributed by atoms with Gasteiger partial charge in [-0.2, -0.15) is 0 Å². The standard InChI is InChI=1S/C18H24N2O6/c1-18(2,3)26-17(24)20-9-13(15(21)22)14(10-20)19-16(23)25-11-12-7-5-4-6-8-12/h4-8,13-14H,9-11H2,1-3H3,(H,19,23)(H,21,22)/t13-,14?/m1/s1. The second-order valence-electron chi connectivity index (χ2n) is 7.14. The van der Waals surface area contributed by atoms with Crippen LogP contribution in [0, 0.1) is 5.92 Å². The van der Waals surface area contributed by atoms with Crippen molar-refractivity contribution < 1.29 is 29.0 Å². The van der Waals surface area contributed by atoms with Crippen molar-refractivity contribution in [3.8, 4) is 0 Å². The maximum Gasteiger partial charge on any atom is 0.410 e. The number of carbonyl (C=O) groups is 3. The maximum absolute atomic E-state index is 12.1. The Morgan fingerprint density at radius 1 is 1.19 bits per heavy atom. The lowest BCUT2D eigenvalue weighted by Gasteiger charge is -2.24. The van der Waals surface area contributed by atoms with Crippen molar-refractivity contribution in [2.24, 2.45) is 5.92 Å². The van der Waals surface area contributed by atoms with E-state index in [-0.39, 0.29) is 19.7 Å². The highest BCUT2D eigenvalue weighted by Gasteiger charge is 2.42. The van der Waals surface area contributed by atoms with E-state index in [1.54, 1.807) is 20.8 Å². The first-order valence-corrected chi connectivity index (χ1v) is 8.33. The summed E-state index contributed by atoms with van der Waals surface area (Å²) in [6, 6.07) is 8.38. The van der Waals surface area contributed by atoms with E-state index in [9.17, 15) is 19.5 Å². The van der Waals surface area contributed by atoms with Crippen LogP contribution in [0.4, 0.5) is 9.59 Å². The fourth-order valence-electron chi connectivity index (χ4n) is 2.59. The van der Waals surface area contributed by atoms with Crippen molar-refractivity contribution >= 4 is 18.2 Å². The Balaban J connectivity index is 1.92. The zero-order chi connectivity index (χ0) is 19.3. The molecule has 1 aromatic carbocycles. The van der Waals surface area contributed by atoms with Crippen LogP contribution in [0.2, 0.25) is 0 Å². The molecule has 8 nitrogen and oxygen atoms in total. The van der Waals surface area contributed by atoms with Gasteiger partial charge in [-0.1, -0.05) is 30.3 Å². The van der Waals surface area contributed by atoms with Gasteiger partial charge in [-0.25, -0.2) is 9.59 Å². The molecule has 0 aliphatic carbocycles. The van der Waals surface area contributed by atoms with E-state index >= 15 is 0 Å².